The van der Waals surface area contributed by atoms with Crippen molar-refractivity contribution in [3.05, 3.63) is 148 Å². The van der Waals surface area contributed by atoms with E-state index in [1.165, 1.54) is 0 Å². The van der Waals surface area contributed by atoms with E-state index in [1.807, 2.05) is 110 Å². The summed E-state index contributed by atoms with van der Waals surface area (Å²) in [7, 11) is 0. The molecule has 0 heterocycles. The van der Waals surface area contributed by atoms with E-state index in [-0.39, 0.29) is 18.6 Å². The van der Waals surface area contributed by atoms with E-state index in [4.69, 9.17) is 9.47 Å². The first kappa shape index (κ1) is 29.6. The number of aryl methyl sites for hydroxylation is 1. The number of hydrogen-bond donors (Lipinski definition) is 2. The van der Waals surface area contributed by atoms with Gasteiger partial charge in [0.1, 0.15) is 29.9 Å². The number of ether oxygens (including phenoxy) is 2. The lowest BCUT2D eigenvalue weighted by molar-refractivity contribution is -0.139. The molecular formula is C36H30BrNO5. The van der Waals surface area contributed by atoms with Gasteiger partial charge in [-0.25, -0.2) is 4.79 Å². The van der Waals surface area contributed by atoms with Gasteiger partial charge in [-0.1, -0.05) is 106 Å². The molecule has 7 heteroatoms. The van der Waals surface area contributed by atoms with Crippen molar-refractivity contribution in [2.45, 2.75) is 26.0 Å². The fourth-order valence-electron chi connectivity index (χ4n) is 4.55. The molecular weight excluding hydrogens is 606 g/mol. The molecule has 1 atom stereocenters. The minimum Gasteiger partial charge on any atom is -0.488 e. The smallest absolute Gasteiger partial charge is 0.326 e. The van der Waals surface area contributed by atoms with Crippen LogP contribution in [0, 0.1) is 6.92 Å². The maximum absolute atomic E-state index is 13.3. The molecule has 0 spiro atoms. The zero-order chi connectivity index (χ0) is 30.2. The van der Waals surface area contributed by atoms with Crippen LogP contribution in [0.15, 0.2) is 126 Å². The molecule has 0 aliphatic heterocycles. The third kappa shape index (κ3) is 7.90. The van der Waals surface area contributed by atoms with Crippen LogP contribution in [0.4, 0.5) is 0 Å². The zero-order valence-corrected chi connectivity index (χ0v) is 25.1. The molecule has 0 radical (unpaired) electrons. The van der Waals surface area contributed by atoms with Gasteiger partial charge >= 0.3 is 5.97 Å². The molecule has 0 bridgehead atoms. The summed E-state index contributed by atoms with van der Waals surface area (Å²) in [4.78, 5) is 25.5. The van der Waals surface area contributed by atoms with Crippen molar-refractivity contribution >= 4 is 27.8 Å². The Balaban J connectivity index is 1.28. The highest BCUT2D eigenvalue weighted by molar-refractivity contribution is 9.10. The van der Waals surface area contributed by atoms with Gasteiger partial charge in [-0.05, 0) is 60.0 Å². The van der Waals surface area contributed by atoms with Crippen molar-refractivity contribution in [1.29, 1.82) is 0 Å². The van der Waals surface area contributed by atoms with Crippen molar-refractivity contribution in [1.82, 2.24) is 5.32 Å². The maximum Gasteiger partial charge on any atom is 0.326 e. The van der Waals surface area contributed by atoms with Crippen LogP contribution in [-0.4, -0.2) is 23.0 Å². The Labute approximate surface area is 259 Å². The quantitative estimate of drug-likeness (QED) is 0.153. The van der Waals surface area contributed by atoms with Gasteiger partial charge in [-0.3, -0.25) is 4.79 Å². The Bertz CT molecular complexity index is 1700. The number of para-hydroxylation sites is 2. The topological polar surface area (TPSA) is 84.9 Å². The summed E-state index contributed by atoms with van der Waals surface area (Å²) in [5, 5.41) is 12.6. The standard InChI is InChI=1S/C36H30BrNO5/c1-24-11-13-26(14-12-24)23-42-33-20-19-28(37)22-31(33)35(39)38-32(36(40)41)21-25-15-17-27(18-16-25)30-9-5-6-10-34(30)43-29-7-3-2-4-8-29/h2-20,22,32H,21,23H2,1H3,(H,38,39)(H,40,41). The number of nitrogens with one attached hydrogen (secondary N) is 1. The van der Waals surface area contributed by atoms with E-state index in [9.17, 15) is 14.7 Å². The van der Waals surface area contributed by atoms with E-state index in [2.05, 4.69) is 21.2 Å². The van der Waals surface area contributed by atoms with Gasteiger partial charge in [0.2, 0.25) is 0 Å². The fraction of sp³-hybridized carbons (Fsp3) is 0.111. The van der Waals surface area contributed by atoms with Crippen LogP contribution in [-0.2, 0) is 17.8 Å². The molecule has 0 aromatic heterocycles. The first-order valence-corrected chi connectivity index (χ1v) is 14.6. The largest absolute Gasteiger partial charge is 0.488 e. The Morgan fingerprint density at radius 3 is 2.19 bits per heavy atom. The molecule has 6 nitrogen and oxygen atoms in total. The monoisotopic (exact) mass is 635 g/mol. The summed E-state index contributed by atoms with van der Waals surface area (Å²) in [6, 6.07) is 36.8. The van der Waals surface area contributed by atoms with Crippen LogP contribution in [0.25, 0.3) is 11.1 Å². The summed E-state index contributed by atoms with van der Waals surface area (Å²) in [6.07, 6.45) is 0.108. The number of carbonyl (C=O) groups is 2. The maximum atomic E-state index is 13.3. The molecule has 0 aliphatic rings. The second kappa shape index (κ2) is 13.9. The summed E-state index contributed by atoms with van der Waals surface area (Å²) in [5.41, 5.74) is 4.95. The third-order valence-corrected chi connectivity index (χ3v) is 7.36. The summed E-state index contributed by atoms with van der Waals surface area (Å²) in [6.45, 7) is 2.28. The number of rotatable bonds is 11. The van der Waals surface area contributed by atoms with Gasteiger partial charge in [-0.2, -0.15) is 0 Å². The Morgan fingerprint density at radius 2 is 1.47 bits per heavy atom. The first-order chi connectivity index (χ1) is 20.9. The van der Waals surface area contributed by atoms with Gasteiger partial charge < -0.3 is 19.9 Å². The average molecular weight is 637 g/mol. The van der Waals surface area contributed by atoms with Gasteiger partial charge in [0.05, 0.1) is 5.56 Å². The zero-order valence-electron chi connectivity index (χ0n) is 23.5. The number of amides is 1. The molecule has 2 N–H and O–H groups in total. The molecule has 0 fully saturated rings. The van der Waals surface area contributed by atoms with E-state index in [0.29, 0.717) is 16.0 Å². The Hall–Kier alpha value is -4.88. The van der Waals surface area contributed by atoms with Crippen LogP contribution >= 0.6 is 15.9 Å². The van der Waals surface area contributed by atoms with Crippen LogP contribution in [0.3, 0.4) is 0 Å². The molecule has 1 unspecified atom stereocenters. The summed E-state index contributed by atoms with van der Waals surface area (Å²) >= 11 is 3.41. The molecule has 0 aliphatic carbocycles. The van der Waals surface area contributed by atoms with Crippen LogP contribution in [0.1, 0.15) is 27.0 Å². The van der Waals surface area contributed by atoms with Gasteiger partial charge in [0.25, 0.3) is 5.91 Å². The predicted molar refractivity (Wildman–Crippen MR) is 171 cm³/mol. The summed E-state index contributed by atoms with van der Waals surface area (Å²) < 4.78 is 12.7. The number of benzene rings is 5. The third-order valence-electron chi connectivity index (χ3n) is 6.87. The number of hydrogen-bond acceptors (Lipinski definition) is 4. The van der Waals surface area contributed by atoms with Gasteiger partial charge in [0.15, 0.2) is 0 Å². The molecule has 0 saturated carbocycles. The average Bonchev–Trinajstić information content (AvgIpc) is 3.02. The molecule has 216 valence electrons. The van der Waals surface area contributed by atoms with Crippen molar-refractivity contribution in [2.75, 3.05) is 0 Å². The molecule has 5 aromatic carbocycles. The highest BCUT2D eigenvalue weighted by Gasteiger charge is 2.23. The van der Waals surface area contributed by atoms with E-state index >= 15 is 0 Å². The second-order valence-corrected chi connectivity index (χ2v) is 11.0. The number of halogens is 1. The minimum absolute atomic E-state index is 0.108. The van der Waals surface area contributed by atoms with Crippen molar-refractivity contribution in [3.63, 3.8) is 0 Å². The normalized spacial score (nSPS) is 11.4. The predicted octanol–water partition coefficient (Wildman–Crippen LogP) is 8.22. The van der Waals surface area contributed by atoms with Crippen LogP contribution in [0.2, 0.25) is 0 Å². The number of carboxylic acids is 1. The van der Waals surface area contributed by atoms with Gasteiger partial charge in [0, 0.05) is 16.5 Å². The molecule has 43 heavy (non-hydrogen) atoms. The van der Waals surface area contributed by atoms with Gasteiger partial charge in [-0.15, -0.1) is 0 Å². The Morgan fingerprint density at radius 1 is 0.791 bits per heavy atom. The molecule has 0 saturated heterocycles. The van der Waals surface area contributed by atoms with E-state index in [1.54, 1.807) is 18.2 Å². The summed E-state index contributed by atoms with van der Waals surface area (Å²) in [5.74, 6) is 0.158. The highest BCUT2D eigenvalue weighted by atomic mass is 79.9. The van der Waals surface area contributed by atoms with Crippen molar-refractivity contribution in [2.24, 2.45) is 0 Å². The molecule has 5 aromatic rings. The lowest BCUT2D eigenvalue weighted by Gasteiger charge is -2.17. The Kier molecular flexibility index (Phi) is 9.54. The van der Waals surface area contributed by atoms with Crippen molar-refractivity contribution in [3.8, 4) is 28.4 Å². The first-order valence-electron chi connectivity index (χ1n) is 13.8. The van der Waals surface area contributed by atoms with Crippen LogP contribution in [0.5, 0.6) is 17.2 Å². The van der Waals surface area contributed by atoms with E-state index < -0.39 is 17.9 Å². The number of carbonyl (C=O) groups excluding carboxylic acids is 1. The lowest BCUT2D eigenvalue weighted by atomic mass is 9.99. The second-order valence-electron chi connectivity index (χ2n) is 10.1. The minimum atomic E-state index is -1.14. The SMILES string of the molecule is Cc1ccc(COc2ccc(Br)cc2C(=O)NC(Cc2ccc(-c3ccccc3Oc3ccccc3)cc2)C(=O)O)cc1. The van der Waals surface area contributed by atoms with Crippen LogP contribution < -0.4 is 14.8 Å². The highest BCUT2D eigenvalue weighted by Crippen LogP contribution is 2.33. The number of carboxylic acid groups (broad SMARTS) is 1. The molecule has 5 rings (SSSR count). The van der Waals surface area contributed by atoms with E-state index in [0.717, 1.165) is 33.6 Å². The molecule has 1 amide bonds. The lowest BCUT2D eigenvalue weighted by Crippen LogP contribution is -2.42. The fourth-order valence-corrected chi connectivity index (χ4v) is 4.91. The van der Waals surface area contributed by atoms with Crippen molar-refractivity contribution < 1.29 is 24.2 Å². The number of aliphatic carboxylic acids is 1.